The van der Waals surface area contributed by atoms with E-state index < -0.39 is 40.8 Å². The summed E-state index contributed by atoms with van der Waals surface area (Å²) in [6.45, 7) is 9.84. The largest absolute Gasteiger partial charge is 0.459 e. The molecule has 0 saturated carbocycles. The molecule has 0 radical (unpaired) electrons. The van der Waals surface area contributed by atoms with E-state index in [0.29, 0.717) is 6.42 Å². The quantitative estimate of drug-likeness (QED) is 0.750. The zero-order valence-corrected chi connectivity index (χ0v) is 17.1. The number of ether oxygens (including phenoxy) is 3. The molecule has 28 heavy (non-hydrogen) atoms. The van der Waals surface area contributed by atoms with E-state index in [1.54, 1.807) is 20.8 Å². The van der Waals surface area contributed by atoms with Crippen LogP contribution in [0, 0.1) is 11.3 Å². The highest BCUT2D eigenvalue weighted by atomic mass is 16.6. The fourth-order valence-electron chi connectivity index (χ4n) is 3.13. The van der Waals surface area contributed by atoms with Crippen molar-refractivity contribution < 1.29 is 23.8 Å². The Balaban J connectivity index is 2.36. The van der Waals surface area contributed by atoms with E-state index in [4.69, 9.17) is 14.2 Å². The van der Waals surface area contributed by atoms with Gasteiger partial charge in [0.25, 0.3) is 5.56 Å². The number of esters is 2. The molecule has 1 fully saturated rings. The average molecular weight is 396 g/mol. The van der Waals surface area contributed by atoms with Crippen molar-refractivity contribution in [2.75, 3.05) is 0 Å². The molecule has 2 rings (SSSR count). The van der Waals surface area contributed by atoms with Gasteiger partial charge in [-0.2, -0.15) is 0 Å². The number of aromatic amines is 1. The number of nitrogens with zero attached hydrogens (tertiary/aromatic N) is 1. The molecule has 1 unspecified atom stereocenters. The summed E-state index contributed by atoms with van der Waals surface area (Å²) in [6.07, 6.45) is 0.288. The average Bonchev–Trinajstić information content (AvgIpc) is 2.88. The van der Waals surface area contributed by atoms with E-state index in [2.05, 4.69) is 4.98 Å². The lowest BCUT2D eigenvalue weighted by molar-refractivity contribution is -0.157. The maximum absolute atomic E-state index is 12.4. The number of carbonyl (C=O) groups is 2. The third-order valence-corrected chi connectivity index (χ3v) is 4.72. The Kier molecular flexibility index (Phi) is 6.48. The van der Waals surface area contributed by atoms with Gasteiger partial charge in [0.05, 0.1) is 17.1 Å². The SMILES string of the molecule is CC[C@H]1O[C@@H](c2cn(COC(=O)C(C)(C)C)c(=O)[nH]c2=O)[C@@H](OC(C)=O)C1C. The molecule has 1 aromatic heterocycles. The van der Waals surface area contributed by atoms with Crippen molar-refractivity contribution in [1.82, 2.24) is 9.55 Å². The fraction of sp³-hybridized carbons (Fsp3) is 0.684. The molecule has 2 heterocycles. The van der Waals surface area contributed by atoms with Gasteiger partial charge in [-0.3, -0.25) is 23.9 Å². The first kappa shape index (κ1) is 21.9. The minimum atomic E-state index is -0.822. The van der Waals surface area contributed by atoms with Gasteiger partial charge in [0.2, 0.25) is 0 Å². The minimum Gasteiger partial charge on any atom is -0.459 e. The highest BCUT2D eigenvalue weighted by Crippen LogP contribution is 2.39. The van der Waals surface area contributed by atoms with Crippen LogP contribution in [0.25, 0.3) is 0 Å². The first-order valence-corrected chi connectivity index (χ1v) is 9.29. The Morgan fingerprint density at radius 3 is 2.46 bits per heavy atom. The maximum Gasteiger partial charge on any atom is 0.331 e. The second kappa shape index (κ2) is 8.30. The third-order valence-electron chi connectivity index (χ3n) is 4.72. The zero-order valence-electron chi connectivity index (χ0n) is 17.1. The molecular weight excluding hydrogens is 368 g/mol. The van der Waals surface area contributed by atoms with Crippen LogP contribution in [0.5, 0.6) is 0 Å². The summed E-state index contributed by atoms with van der Waals surface area (Å²) in [5, 5.41) is 0. The molecule has 1 aromatic rings. The number of hydrogen-bond acceptors (Lipinski definition) is 7. The van der Waals surface area contributed by atoms with Gasteiger partial charge in [0.15, 0.2) is 6.73 Å². The van der Waals surface area contributed by atoms with Crippen LogP contribution in [0.15, 0.2) is 15.8 Å². The summed E-state index contributed by atoms with van der Waals surface area (Å²) in [4.78, 5) is 50.2. The minimum absolute atomic E-state index is 0.127. The summed E-state index contributed by atoms with van der Waals surface area (Å²) >= 11 is 0. The summed E-state index contributed by atoms with van der Waals surface area (Å²) in [5.41, 5.74) is -1.93. The summed E-state index contributed by atoms with van der Waals surface area (Å²) in [7, 11) is 0. The van der Waals surface area contributed by atoms with Crippen molar-refractivity contribution in [2.24, 2.45) is 11.3 Å². The normalized spacial score (nSPS) is 24.8. The lowest BCUT2D eigenvalue weighted by Crippen LogP contribution is -2.37. The highest BCUT2D eigenvalue weighted by molar-refractivity contribution is 5.75. The molecule has 156 valence electrons. The van der Waals surface area contributed by atoms with Gasteiger partial charge in [0, 0.05) is 19.0 Å². The predicted molar refractivity (Wildman–Crippen MR) is 99.5 cm³/mol. The third kappa shape index (κ3) is 4.70. The summed E-state index contributed by atoms with van der Waals surface area (Å²) in [5.74, 6) is -1.09. The second-order valence-electron chi connectivity index (χ2n) is 8.06. The van der Waals surface area contributed by atoms with Crippen LogP contribution in [0.4, 0.5) is 0 Å². The molecule has 1 N–H and O–H groups in total. The van der Waals surface area contributed by atoms with Gasteiger partial charge < -0.3 is 14.2 Å². The Bertz CT molecular complexity index is 849. The van der Waals surface area contributed by atoms with Crippen molar-refractivity contribution in [3.8, 4) is 0 Å². The van der Waals surface area contributed by atoms with Crippen molar-refractivity contribution in [3.63, 3.8) is 0 Å². The van der Waals surface area contributed by atoms with E-state index >= 15 is 0 Å². The summed E-state index contributed by atoms with van der Waals surface area (Å²) in [6, 6.07) is 0. The molecule has 0 amide bonds. The molecule has 9 heteroatoms. The highest BCUT2D eigenvalue weighted by Gasteiger charge is 2.45. The van der Waals surface area contributed by atoms with E-state index in [0.717, 1.165) is 4.57 Å². The van der Waals surface area contributed by atoms with Crippen LogP contribution in [0.3, 0.4) is 0 Å². The van der Waals surface area contributed by atoms with Crippen LogP contribution in [0.2, 0.25) is 0 Å². The van der Waals surface area contributed by atoms with Crippen LogP contribution >= 0.6 is 0 Å². The van der Waals surface area contributed by atoms with Gasteiger partial charge in [0.1, 0.15) is 12.2 Å². The Hall–Kier alpha value is -2.42. The molecule has 0 spiro atoms. The van der Waals surface area contributed by atoms with Crippen LogP contribution in [-0.4, -0.2) is 33.7 Å². The first-order valence-electron chi connectivity index (χ1n) is 9.29. The molecule has 1 saturated heterocycles. The number of carbonyl (C=O) groups excluding carboxylic acids is 2. The lowest BCUT2D eigenvalue weighted by atomic mass is 9.94. The topological polar surface area (TPSA) is 117 Å². The monoisotopic (exact) mass is 396 g/mol. The number of rotatable bonds is 5. The van der Waals surface area contributed by atoms with Gasteiger partial charge in [-0.05, 0) is 27.2 Å². The first-order chi connectivity index (χ1) is 13.0. The maximum atomic E-state index is 12.4. The van der Waals surface area contributed by atoms with Crippen LogP contribution in [0.1, 0.15) is 59.6 Å². The van der Waals surface area contributed by atoms with E-state index in [1.807, 2.05) is 13.8 Å². The van der Waals surface area contributed by atoms with Crippen LogP contribution < -0.4 is 11.2 Å². The molecule has 1 aliphatic rings. The Labute approximate surface area is 163 Å². The van der Waals surface area contributed by atoms with Gasteiger partial charge in [-0.1, -0.05) is 13.8 Å². The smallest absolute Gasteiger partial charge is 0.331 e. The number of aromatic nitrogens is 2. The van der Waals surface area contributed by atoms with Crippen molar-refractivity contribution in [3.05, 3.63) is 32.6 Å². The van der Waals surface area contributed by atoms with E-state index in [1.165, 1.54) is 13.1 Å². The fourth-order valence-corrected chi connectivity index (χ4v) is 3.13. The molecule has 0 bridgehead atoms. The zero-order chi connectivity index (χ0) is 21.2. The number of H-pyrrole nitrogens is 1. The predicted octanol–water partition coefficient (Wildman–Crippen LogP) is 1.50. The van der Waals surface area contributed by atoms with Crippen LogP contribution in [-0.2, 0) is 30.5 Å². The molecule has 9 nitrogen and oxygen atoms in total. The van der Waals surface area contributed by atoms with Crippen molar-refractivity contribution in [1.29, 1.82) is 0 Å². The second-order valence-corrected chi connectivity index (χ2v) is 8.06. The van der Waals surface area contributed by atoms with E-state index in [-0.39, 0.29) is 24.3 Å². The standard InChI is InChI=1S/C19H28N2O7/c1-7-13-10(2)14(27-11(3)22)15(28-13)12-8-21(18(25)20-16(12)23)9-26-17(24)19(4,5)6/h8,10,13-15H,7,9H2,1-6H3,(H,20,23,25)/t10?,13-,14+,15+/m1/s1. The summed E-state index contributed by atoms with van der Waals surface area (Å²) < 4.78 is 17.6. The number of hydrogen-bond donors (Lipinski definition) is 1. The molecule has 0 aliphatic carbocycles. The Morgan fingerprint density at radius 2 is 1.93 bits per heavy atom. The Morgan fingerprint density at radius 1 is 1.29 bits per heavy atom. The molecule has 1 aliphatic heterocycles. The van der Waals surface area contributed by atoms with Gasteiger partial charge >= 0.3 is 17.6 Å². The van der Waals surface area contributed by atoms with Crippen molar-refractivity contribution in [2.45, 2.75) is 73.0 Å². The molecule has 4 atom stereocenters. The number of nitrogens with one attached hydrogen (secondary N) is 1. The van der Waals surface area contributed by atoms with E-state index in [9.17, 15) is 19.2 Å². The van der Waals surface area contributed by atoms with Gasteiger partial charge in [-0.15, -0.1) is 0 Å². The van der Waals surface area contributed by atoms with Crippen molar-refractivity contribution >= 4 is 11.9 Å². The lowest BCUT2D eigenvalue weighted by Gasteiger charge is -2.21. The van der Waals surface area contributed by atoms with Gasteiger partial charge in [-0.25, -0.2) is 4.79 Å². The molecular formula is C19H28N2O7. The molecule has 0 aromatic carbocycles.